The maximum Gasteiger partial charge on any atom is 0.123 e. The second-order valence-electron chi connectivity index (χ2n) is 4.29. The maximum atomic E-state index is 12.8. The molecule has 0 fully saturated rings. The van der Waals surface area contributed by atoms with Gasteiger partial charge >= 0.3 is 0 Å². The zero-order chi connectivity index (χ0) is 13.5. The van der Waals surface area contributed by atoms with Gasteiger partial charge in [0.2, 0.25) is 0 Å². The van der Waals surface area contributed by atoms with Crippen molar-refractivity contribution < 1.29 is 4.39 Å². The van der Waals surface area contributed by atoms with Crippen LogP contribution in [0.3, 0.4) is 0 Å². The molecule has 0 saturated heterocycles. The van der Waals surface area contributed by atoms with Crippen LogP contribution in [-0.2, 0) is 0 Å². The van der Waals surface area contributed by atoms with Crippen LogP contribution in [0.25, 0.3) is 11.1 Å². The summed E-state index contributed by atoms with van der Waals surface area (Å²) in [4.78, 5) is 0. The predicted octanol–water partition coefficient (Wildman–Crippen LogP) is 5.64. The first-order chi connectivity index (χ1) is 8.66. The van der Waals surface area contributed by atoms with Crippen LogP contribution in [0.1, 0.15) is 39.2 Å². The Morgan fingerprint density at radius 3 is 2.00 bits per heavy atom. The largest absolute Gasteiger partial charge is 0.207 e. The minimum absolute atomic E-state index is 0.191. The van der Waals surface area contributed by atoms with Gasteiger partial charge < -0.3 is 0 Å². The topological polar surface area (TPSA) is 0 Å². The molecule has 0 amide bonds. The monoisotopic (exact) mass is 244 g/mol. The number of benzene rings is 2. The first kappa shape index (κ1) is 14.4. The average Bonchev–Trinajstić information content (AvgIpc) is 2.42. The van der Waals surface area contributed by atoms with Crippen LogP contribution in [0.15, 0.2) is 48.5 Å². The van der Waals surface area contributed by atoms with Crippen LogP contribution in [0.4, 0.5) is 4.39 Å². The molecule has 0 bridgehead atoms. The van der Waals surface area contributed by atoms with Crippen molar-refractivity contribution in [2.75, 3.05) is 0 Å². The van der Waals surface area contributed by atoms with E-state index in [1.807, 2.05) is 32.0 Å². The second kappa shape index (κ2) is 6.95. The van der Waals surface area contributed by atoms with Gasteiger partial charge in [0.1, 0.15) is 5.82 Å². The Morgan fingerprint density at radius 2 is 1.44 bits per heavy atom. The minimum atomic E-state index is -0.191. The van der Waals surface area contributed by atoms with Gasteiger partial charge in [0, 0.05) is 0 Å². The molecule has 0 aliphatic rings. The van der Waals surface area contributed by atoms with Crippen LogP contribution in [-0.4, -0.2) is 0 Å². The van der Waals surface area contributed by atoms with E-state index in [4.69, 9.17) is 0 Å². The number of halogens is 1. The molecule has 0 saturated carbocycles. The minimum Gasteiger partial charge on any atom is -0.207 e. The van der Waals surface area contributed by atoms with Crippen molar-refractivity contribution in [2.45, 2.75) is 33.6 Å². The molecule has 0 unspecified atom stereocenters. The fourth-order valence-corrected chi connectivity index (χ4v) is 1.72. The molecule has 2 aromatic carbocycles. The summed E-state index contributed by atoms with van der Waals surface area (Å²) in [6.07, 6.45) is 0. The van der Waals surface area contributed by atoms with Crippen LogP contribution >= 0.6 is 0 Å². The first-order valence-corrected chi connectivity index (χ1v) is 6.53. The van der Waals surface area contributed by atoms with Gasteiger partial charge in [-0.1, -0.05) is 64.1 Å². The van der Waals surface area contributed by atoms with Crippen molar-refractivity contribution in [3.05, 3.63) is 59.9 Å². The molecule has 0 spiro atoms. The Morgan fingerprint density at radius 1 is 0.833 bits per heavy atom. The zero-order valence-electron chi connectivity index (χ0n) is 11.6. The van der Waals surface area contributed by atoms with E-state index in [9.17, 15) is 4.39 Å². The molecule has 2 rings (SSSR count). The fraction of sp³-hybridized carbons (Fsp3) is 0.294. The lowest BCUT2D eigenvalue weighted by Gasteiger charge is -2.08. The highest BCUT2D eigenvalue weighted by Gasteiger charge is 2.02. The Balaban J connectivity index is 0.000000771. The summed E-state index contributed by atoms with van der Waals surface area (Å²) in [6, 6.07) is 15.0. The molecule has 96 valence electrons. The standard InChI is InChI=1S/C15H15F.C2H6/c1-11(2)13-4-3-5-14(10-13)12-6-8-15(16)9-7-12;1-2/h3-11H,1-2H3;1-2H3. The third-order valence-corrected chi connectivity index (χ3v) is 2.73. The number of hydrogen-bond acceptors (Lipinski definition) is 0. The zero-order valence-corrected chi connectivity index (χ0v) is 11.6. The van der Waals surface area contributed by atoms with E-state index in [0.29, 0.717) is 5.92 Å². The van der Waals surface area contributed by atoms with E-state index >= 15 is 0 Å². The van der Waals surface area contributed by atoms with Crippen LogP contribution < -0.4 is 0 Å². The highest BCUT2D eigenvalue weighted by atomic mass is 19.1. The quantitative estimate of drug-likeness (QED) is 0.641. The Kier molecular flexibility index (Phi) is 5.57. The third kappa shape index (κ3) is 3.69. The summed E-state index contributed by atoms with van der Waals surface area (Å²) in [5, 5.41) is 0. The van der Waals surface area contributed by atoms with Gasteiger partial charge in [0.15, 0.2) is 0 Å². The predicted molar refractivity (Wildman–Crippen MR) is 77.3 cm³/mol. The molecule has 0 aliphatic carbocycles. The summed E-state index contributed by atoms with van der Waals surface area (Å²) < 4.78 is 12.8. The molecule has 0 nitrogen and oxygen atoms in total. The highest BCUT2D eigenvalue weighted by Crippen LogP contribution is 2.23. The van der Waals surface area contributed by atoms with Crippen molar-refractivity contribution in [3.63, 3.8) is 0 Å². The van der Waals surface area contributed by atoms with Crippen molar-refractivity contribution in [2.24, 2.45) is 0 Å². The molecule has 18 heavy (non-hydrogen) atoms. The van der Waals surface area contributed by atoms with Crippen LogP contribution in [0.5, 0.6) is 0 Å². The van der Waals surface area contributed by atoms with Gasteiger partial charge in [0.05, 0.1) is 0 Å². The van der Waals surface area contributed by atoms with E-state index in [0.717, 1.165) is 11.1 Å². The maximum absolute atomic E-state index is 12.8. The van der Waals surface area contributed by atoms with Crippen molar-refractivity contribution in [3.8, 4) is 11.1 Å². The average molecular weight is 244 g/mol. The van der Waals surface area contributed by atoms with Gasteiger partial charge in [-0.05, 0) is 34.7 Å². The summed E-state index contributed by atoms with van der Waals surface area (Å²) >= 11 is 0. The molecule has 1 heteroatoms. The molecule has 0 aliphatic heterocycles. The van der Waals surface area contributed by atoms with Gasteiger partial charge in [0.25, 0.3) is 0 Å². The molecule has 0 radical (unpaired) electrons. The molecule has 2 aromatic rings. The lowest BCUT2D eigenvalue weighted by atomic mass is 9.97. The SMILES string of the molecule is CC.CC(C)c1cccc(-c2ccc(F)cc2)c1. The summed E-state index contributed by atoms with van der Waals surface area (Å²) in [5.41, 5.74) is 3.51. The van der Waals surface area contributed by atoms with Crippen LogP contribution in [0, 0.1) is 5.82 Å². The summed E-state index contributed by atoms with van der Waals surface area (Å²) in [7, 11) is 0. The Bertz CT molecular complexity index is 469. The first-order valence-electron chi connectivity index (χ1n) is 6.53. The van der Waals surface area contributed by atoms with Gasteiger partial charge in [-0.25, -0.2) is 4.39 Å². The third-order valence-electron chi connectivity index (χ3n) is 2.73. The van der Waals surface area contributed by atoms with Crippen molar-refractivity contribution in [1.82, 2.24) is 0 Å². The molecular formula is C17H21F. The second-order valence-corrected chi connectivity index (χ2v) is 4.29. The van der Waals surface area contributed by atoms with E-state index < -0.39 is 0 Å². The number of hydrogen-bond donors (Lipinski definition) is 0. The highest BCUT2D eigenvalue weighted by molar-refractivity contribution is 5.64. The molecule has 0 aromatic heterocycles. The summed E-state index contributed by atoms with van der Waals surface area (Å²) in [6.45, 7) is 8.34. The molecular weight excluding hydrogens is 223 g/mol. The molecule has 0 atom stereocenters. The Hall–Kier alpha value is -1.63. The fourth-order valence-electron chi connectivity index (χ4n) is 1.72. The van der Waals surface area contributed by atoms with E-state index in [2.05, 4.69) is 32.0 Å². The smallest absolute Gasteiger partial charge is 0.123 e. The van der Waals surface area contributed by atoms with Gasteiger partial charge in [-0.3, -0.25) is 0 Å². The van der Waals surface area contributed by atoms with E-state index in [1.165, 1.54) is 17.7 Å². The van der Waals surface area contributed by atoms with Crippen molar-refractivity contribution in [1.29, 1.82) is 0 Å². The van der Waals surface area contributed by atoms with Gasteiger partial charge in [-0.2, -0.15) is 0 Å². The van der Waals surface area contributed by atoms with Crippen LogP contribution in [0.2, 0.25) is 0 Å². The van der Waals surface area contributed by atoms with Gasteiger partial charge in [-0.15, -0.1) is 0 Å². The van der Waals surface area contributed by atoms with E-state index in [-0.39, 0.29) is 5.82 Å². The lowest BCUT2D eigenvalue weighted by Crippen LogP contribution is -1.87. The number of rotatable bonds is 2. The normalized spacial score (nSPS) is 9.89. The van der Waals surface area contributed by atoms with E-state index in [1.54, 1.807) is 0 Å². The van der Waals surface area contributed by atoms with Crippen molar-refractivity contribution >= 4 is 0 Å². The molecule has 0 N–H and O–H groups in total. The lowest BCUT2D eigenvalue weighted by molar-refractivity contribution is 0.628. The molecule has 0 heterocycles. The summed E-state index contributed by atoms with van der Waals surface area (Å²) in [5.74, 6) is 0.323. The Labute approximate surface area is 109 Å².